The normalized spacial score (nSPS) is 30.5. The van der Waals surface area contributed by atoms with Crippen molar-refractivity contribution < 1.29 is 46.6 Å². The van der Waals surface area contributed by atoms with Gasteiger partial charge in [-0.3, -0.25) is 19.1 Å². The fraction of sp³-hybridized carbons (Fsp3) is 0.595. The molecule has 3 fully saturated rings. The van der Waals surface area contributed by atoms with Crippen LogP contribution in [0.25, 0.3) is 10.8 Å². The minimum Gasteiger partial charge on any atom is -0.491 e. The lowest BCUT2D eigenvalue weighted by atomic mass is 9.85. The van der Waals surface area contributed by atoms with E-state index >= 15 is 0 Å². The summed E-state index contributed by atoms with van der Waals surface area (Å²) in [7, 11) is -4.03. The second-order valence-electron chi connectivity index (χ2n) is 15.1. The number of aromatic nitrogens is 1. The molecule has 6 rings (SSSR count). The van der Waals surface area contributed by atoms with Gasteiger partial charge in [0.05, 0.1) is 17.9 Å². The Morgan fingerprint density at radius 1 is 1.19 bits per heavy atom. The summed E-state index contributed by atoms with van der Waals surface area (Å²) in [6, 6.07) is 2.03. The zero-order valence-corrected chi connectivity index (χ0v) is 31.2. The SMILES string of the molecule is CCOc1cc2ccnc(O[C@@H]3C[C@H]4C(=O)N[C@]5(C(=O)NS(=O)(=O)C6(C)CC6)C[C@H]5/C=C\CC[C@H](C)C[C@@H](CC)[C@H](NC(=O)O)C(=O)N4C3)c2cc1F. The van der Waals surface area contributed by atoms with E-state index in [2.05, 4.69) is 20.3 Å². The highest BCUT2D eigenvalue weighted by atomic mass is 32.2. The predicted molar refractivity (Wildman–Crippen MR) is 192 cm³/mol. The molecule has 0 bridgehead atoms. The molecule has 0 unspecified atom stereocenters. The first-order valence-corrected chi connectivity index (χ1v) is 19.8. The molecule has 1 saturated heterocycles. The third-order valence-corrected chi connectivity index (χ3v) is 13.4. The van der Waals surface area contributed by atoms with Gasteiger partial charge < -0.3 is 30.1 Å². The van der Waals surface area contributed by atoms with Gasteiger partial charge in [-0.1, -0.05) is 32.4 Å². The minimum atomic E-state index is -4.03. The fourth-order valence-corrected chi connectivity index (χ4v) is 8.93. The van der Waals surface area contributed by atoms with E-state index in [0.29, 0.717) is 42.9 Å². The fourth-order valence-electron chi connectivity index (χ4n) is 7.61. The first-order valence-electron chi connectivity index (χ1n) is 18.3. The highest BCUT2D eigenvalue weighted by Gasteiger charge is 2.63. The van der Waals surface area contributed by atoms with Gasteiger partial charge in [-0.15, -0.1) is 0 Å². The second kappa shape index (κ2) is 14.7. The first kappa shape index (κ1) is 38.3. The zero-order valence-electron chi connectivity index (χ0n) is 30.4. The van der Waals surface area contributed by atoms with E-state index in [1.54, 1.807) is 19.9 Å². The van der Waals surface area contributed by atoms with Gasteiger partial charge in [0.25, 0.3) is 5.91 Å². The lowest BCUT2D eigenvalue weighted by molar-refractivity contribution is -0.142. The standard InChI is InChI=1S/C37H48FN5O9S/c1-5-22-15-21(3)9-7-8-10-24-19-37(24,34(46)42-53(49,50)36(4)12-13-36)41-31(44)28-17-25(20-43(28)33(45)30(22)40-35(47)48)52-32-26-18-27(38)29(51-6-2)16-23(26)11-14-39-32/h8,10-11,14,16,18,21-22,24-25,28,30,40H,5-7,9,12-13,15,17,19-20H2,1-4H3,(H,41,44)(H,42,46)(H,47,48)/b10-8-/t21-,22+,24+,25+,28-,30-,37+/m0/s1. The highest BCUT2D eigenvalue weighted by Crippen LogP contribution is 2.47. The summed E-state index contributed by atoms with van der Waals surface area (Å²) in [4.78, 5) is 60.3. The number of benzene rings is 1. The third kappa shape index (κ3) is 7.78. The smallest absolute Gasteiger partial charge is 0.405 e. The number of sulfonamides is 1. The van der Waals surface area contributed by atoms with Crippen LogP contribution >= 0.6 is 0 Å². The Kier molecular flexibility index (Phi) is 10.6. The van der Waals surface area contributed by atoms with Crippen LogP contribution in [-0.2, 0) is 24.4 Å². The number of pyridine rings is 1. The molecule has 0 spiro atoms. The van der Waals surface area contributed by atoms with Crippen LogP contribution in [0.3, 0.4) is 0 Å². The number of allylic oxidation sites excluding steroid dienone is 1. The molecule has 3 heterocycles. The molecule has 4 amide bonds. The number of carboxylic acid groups (broad SMARTS) is 1. The number of hydrogen-bond acceptors (Lipinski definition) is 9. The van der Waals surface area contributed by atoms with Crippen molar-refractivity contribution in [2.75, 3.05) is 13.2 Å². The van der Waals surface area contributed by atoms with Gasteiger partial charge >= 0.3 is 6.09 Å². The van der Waals surface area contributed by atoms with E-state index in [1.165, 1.54) is 23.2 Å². The number of halogens is 1. The number of carbonyl (C=O) groups excluding carboxylic acids is 3. The van der Waals surface area contributed by atoms with E-state index in [1.807, 2.05) is 26.0 Å². The summed E-state index contributed by atoms with van der Waals surface area (Å²) < 4.78 is 54.0. The maximum absolute atomic E-state index is 15.0. The molecule has 2 saturated carbocycles. The Hall–Kier alpha value is -4.47. The molecular formula is C37H48FN5O9S. The number of fused-ring (bicyclic) bond motifs is 3. The zero-order chi connectivity index (χ0) is 38.3. The van der Waals surface area contributed by atoms with E-state index in [0.717, 1.165) is 6.42 Å². The Morgan fingerprint density at radius 3 is 2.62 bits per heavy atom. The van der Waals surface area contributed by atoms with Gasteiger partial charge in [-0.05, 0) is 87.8 Å². The Balaban J connectivity index is 1.35. The molecule has 53 heavy (non-hydrogen) atoms. The molecule has 2 aliphatic carbocycles. The monoisotopic (exact) mass is 757 g/mol. The van der Waals surface area contributed by atoms with E-state index in [-0.39, 0.29) is 43.5 Å². The van der Waals surface area contributed by atoms with Gasteiger partial charge in [0.15, 0.2) is 11.6 Å². The van der Waals surface area contributed by atoms with Crippen molar-refractivity contribution in [1.82, 2.24) is 25.2 Å². The number of ether oxygens (including phenoxy) is 2. The van der Waals surface area contributed by atoms with Crippen LogP contribution < -0.4 is 24.8 Å². The van der Waals surface area contributed by atoms with Crippen molar-refractivity contribution >= 4 is 44.6 Å². The van der Waals surface area contributed by atoms with Crippen LogP contribution in [0.2, 0.25) is 0 Å². The van der Waals surface area contributed by atoms with Crippen molar-refractivity contribution in [1.29, 1.82) is 0 Å². The van der Waals surface area contributed by atoms with Crippen molar-refractivity contribution in [2.24, 2.45) is 17.8 Å². The first-order chi connectivity index (χ1) is 25.1. The van der Waals surface area contributed by atoms with Crippen molar-refractivity contribution in [3.8, 4) is 11.6 Å². The molecule has 4 N–H and O–H groups in total. The molecule has 1 aromatic heterocycles. The van der Waals surface area contributed by atoms with Crippen LogP contribution in [0.4, 0.5) is 9.18 Å². The van der Waals surface area contributed by atoms with Gasteiger partial charge in [0.1, 0.15) is 23.7 Å². The second-order valence-corrected chi connectivity index (χ2v) is 17.3. The summed E-state index contributed by atoms with van der Waals surface area (Å²) in [6.07, 6.45) is 6.26. The van der Waals surface area contributed by atoms with Crippen LogP contribution in [0.15, 0.2) is 36.5 Å². The Morgan fingerprint density at radius 2 is 1.94 bits per heavy atom. The maximum atomic E-state index is 15.0. The van der Waals surface area contributed by atoms with Gasteiger partial charge in [0.2, 0.25) is 27.7 Å². The molecule has 0 radical (unpaired) electrons. The molecule has 2 aromatic rings. The van der Waals surface area contributed by atoms with E-state index in [9.17, 15) is 37.1 Å². The number of carbonyl (C=O) groups is 4. The number of hydrogen-bond donors (Lipinski definition) is 4. The van der Waals surface area contributed by atoms with E-state index in [4.69, 9.17) is 9.47 Å². The molecule has 2 aliphatic heterocycles. The third-order valence-electron chi connectivity index (χ3n) is 11.2. The summed E-state index contributed by atoms with van der Waals surface area (Å²) in [5.41, 5.74) is -1.58. The number of rotatable bonds is 9. The van der Waals surface area contributed by atoms with E-state index < -0.39 is 80.0 Å². The summed E-state index contributed by atoms with van der Waals surface area (Å²) >= 11 is 0. The van der Waals surface area contributed by atoms with Crippen LogP contribution in [-0.4, -0.2) is 88.8 Å². The highest BCUT2D eigenvalue weighted by molar-refractivity contribution is 7.91. The van der Waals surface area contributed by atoms with Crippen molar-refractivity contribution in [2.45, 2.75) is 108 Å². The molecular weight excluding hydrogens is 709 g/mol. The predicted octanol–water partition coefficient (Wildman–Crippen LogP) is 4.03. The quantitative estimate of drug-likeness (QED) is 0.272. The summed E-state index contributed by atoms with van der Waals surface area (Å²) in [5.74, 6) is -3.47. The average molecular weight is 758 g/mol. The largest absolute Gasteiger partial charge is 0.491 e. The van der Waals surface area contributed by atoms with Crippen LogP contribution in [0.5, 0.6) is 11.6 Å². The maximum Gasteiger partial charge on any atom is 0.405 e. The molecule has 4 aliphatic rings. The minimum absolute atomic E-state index is 0.0625. The van der Waals surface area contributed by atoms with Gasteiger partial charge in [-0.2, -0.15) is 0 Å². The number of nitrogens with zero attached hydrogens (tertiary/aromatic N) is 2. The lowest BCUT2D eigenvalue weighted by Crippen LogP contribution is -2.59. The summed E-state index contributed by atoms with van der Waals surface area (Å²) in [5, 5.41) is 16.0. The van der Waals surface area contributed by atoms with Crippen LogP contribution in [0, 0.1) is 23.6 Å². The molecule has 16 heteroatoms. The molecule has 1 aromatic carbocycles. The number of amides is 4. The van der Waals surface area contributed by atoms with Crippen molar-refractivity contribution in [3.63, 3.8) is 0 Å². The summed E-state index contributed by atoms with van der Waals surface area (Å²) in [6.45, 7) is 7.32. The van der Waals surface area contributed by atoms with Gasteiger partial charge in [0, 0.05) is 23.9 Å². The topological polar surface area (TPSA) is 193 Å². The molecule has 288 valence electrons. The van der Waals surface area contributed by atoms with Crippen molar-refractivity contribution in [3.05, 3.63) is 42.4 Å². The number of nitrogens with one attached hydrogen (secondary N) is 3. The Bertz CT molecular complexity index is 1920. The Labute approximate surface area is 308 Å². The average Bonchev–Trinajstić information content (AvgIpc) is 3.98. The lowest BCUT2D eigenvalue weighted by Gasteiger charge is -2.33. The van der Waals surface area contributed by atoms with Gasteiger partial charge in [-0.25, -0.2) is 22.6 Å². The molecule has 14 nitrogen and oxygen atoms in total. The van der Waals surface area contributed by atoms with Crippen LogP contribution in [0.1, 0.15) is 79.1 Å². The molecule has 7 atom stereocenters.